The van der Waals surface area contributed by atoms with Gasteiger partial charge in [0.2, 0.25) is 0 Å². The number of nitrogens with zero attached hydrogens (tertiary/aromatic N) is 1. The first kappa shape index (κ1) is 14.5. The number of piperazine rings is 1. The SMILES string of the molecule is CN[C@@H](c1ccccc1)[C@@H](C)CN1CCNC[C@H]1C. The summed E-state index contributed by atoms with van der Waals surface area (Å²) in [6.45, 7) is 9.22. The molecular weight excluding hydrogens is 234 g/mol. The Balaban J connectivity index is 1.98. The zero-order valence-electron chi connectivity index (χ0n) is 12.4. The van der Waals surface area contributed by atoms with Crippen LogP contribution in [0.3, 0.4) is 0 Å². The lowest BCUT2D eigenvalue weighted by Gasteiger charge is -2.37. The molecule has 0 bridgehead atoms. The van der Waals surface area contributed by atoms with Gasteiger partial charge in [0, 0.05) is 38.3 Å². The summed E-state index contributed by atoms with van der Waals surface area (Å²) >= 11 is 0. The number of hydrogen-bond acceptors (Lipinski definition) is 3. The standard InChI is InChI=1S/C16H27N3/c1-13(12-19-10-9-18-11-14(19)2)16(17-3)15-7-5-4-6-8-15/h4-8,13-14,16-18H,9-12H2,1-3H3/t13-,14+,16+/m0/s1. The van der Waals surface area contributed by atoms with Crippen molar-refractivity contribution >= 4 is 0 Å². The fourth-order valence-electron chi connectivity index (χ4n) is 3.07. The summed E-state index contributed by atoms with van der Waals surface area (Å²) in [7, 11) is 2.06. The maximum Gasteiger partial charge on any atom is 0.0355 e. The van der Waals surface area contributed by atoms with Crippen LogP contribution in [0.25, 0.3) is 0 Å². The molecule has 0 spiro atoms. The van der Waals surface area contributed by atoms with E-state index in [1.165, 1.54) is 5.56 Å². The molecule has 0 aromatic heterocycles. The maximum atomic E-state index is 3.48. The summed E-state index contributed by atoms with van der Waals surface area (Å²) in [6, 6.07) is 11.9. The van der Waals surface area contributed by atoms with Crippen LogP contribution >= 0.6 is 0 Å². The second kappa shape index (κ2) is 7.04. The Morgan fingerprint density at radius 1 is 1.37 bits per heavy atom. The minimum absolute atomic E-state index is 0.434. The van der Waals surface area contributed by atoms with Crippen molar-refractivity contribution in [1.29, 1.82) is 0 Å². The summed E-state index contributed by atoms with van der Waals surface area (Å²) in [5, 5.41) is 6.94. The first-order valence-electron chi connectivity index (χ1n) is 7.39. The van der Waals surface area contributed by atoms with Crippen LogP contribution in [0.15, 0.2) is 30.3 Å². The predicted octanol–water partition coefficient (Wildman–Crippen LogP) is 1.88. The molecule has 19 heavy (non-hydrogen) atoms. The van der Waals surface area contributed by atoms with Crippen molar-refractivity contribution < 1.29 is 0 Å². The lowest BCUT2D eigenvalue weighted by Crippen LogP contribution is -2.51. The van der Waals surface area contributed by atoms with E-state index in [0.717, 1.165) is 26.2 Å². The van der Waals surface area contributed by atoms with Crippen molar-refractivity contribution in [2.24, 2.45) is 5.92 Å². The monoisotopic (exact) mass is 261 g/mol. The van der Waals surface area contributed by atoms with Gasteiger partial charge in [0.1, 0.15) is 0 Å². The highest BCUT2D eigenvalue weighted by molar-refractivity contribution is 5.19. The number of rotatable bonds is 5. The van der Waals surface area contributed by atoms with Crippen LogP contribution in [0.5, 0.6) is 0 Å². The third kappa shape index (κ3) is 3.78. The number of hydrogen-bond donors (Lipinski definition) is 2. The van der Waals surface area contributed by atoms with Crippen molar-refractivity contribution in [2.75, 3.05) is 33.2 Å². The second-order valence-electron chi connectivity index (χ2n) is 5.70. The van der Waals surface area contributed by atoms with E-state index in [4.69, 9.17) is 0 Å². The van der Waals surface area contributed by atoms with Gasteiger partial charge in [-0.25, -0.2) is 0 Å². The van der Waals surface area contributed by atoms with Gasteiger partial charge in [0.25, 0.3) is 0 Å². The Morgan fingerprint density at radius 2 is 2.11 bits per heavy atom. The molecule has 0 radical (unpaired) electrons. The maximum absolute atomic E-state index is 3.48. The topological polar surface area (TPSA) is 27.3 Å². The molecule has 1 aliphatic heterocycles. The van der Waals surface area contributed by atoms with Crippen LogP contribution in [0.2, 0.25) is 0 Å². The van der Waals surface area contributed by atoms with Gasteiger partial charge < -0.3 is 10.6 Å². The van der Waals surface area contributed by atoms with E-state index in [2.05, 4.69) is 66.8 Å². The van der Waals surface area contributed by atoms with Gasteiger partial charge in [0.05, 0.1) is 0 Å². The molecule has 1 aliphatic rings. The highest BCUT2D eigenvalue weighted by atomic mass is 15.2. The molecule has 1 saturated heterocycles. The van der Waals surface area contributed by atoms with Gasteiger partial charge >= 0.3 is 0 Å². The fraction of sp³-hybridized carbons (Fsp3) is 0.625. The van der Waals surface area contributed by atoms with E-state index in [1.54, 1.807) is 0 Å². The molecule has 0 aliphatic carbocycles. The minimum Gasteiger partial charge on any atom is -0.314 e. The van der Waals surface area contributed by atoms with Crippen LogP contribution in [0.4, 0.5) is 0 Å². The van der Waals surface area contributed by atoms with E-state index in [-0.39, 0.29) is 0 Å². The van der Waals surface area contributed by atoms with Crippen LogP contribution < -0.4 is 10.6 Å². The van der Waals surface area contributed by atoms with Crippen LogP contribution in [0, 0.1) is 5.92 Å². The molecule has 1 aromatic carbocycles. The van der Waals surface area contributed by atoms with E-state index in [9.17, 15) is 0 Å². The summed E-state index contributed by atoms with van der Waals surface area (Å²) in [5.41, 5.74) is 1.39. The number of benzene rings is 1. The van der Waals surface area contributed by atoms with Crippen LogP contribution in [-0.4, -0.2) is 44.2 Å². The molecule has 0 saturated carbocycles. The summed E-state index contributed by atoms with van der Waals surface area (Å²) in [6.07, 6.45) is 0. The summed E-state index contributed by atoms with van der Waals surface area (Å²) in [4.78, 5) is 2.61. The highest BCUT2D eigenvalue weighted by Gasteiger charge is 2.24. The van der Waals surface area contributed by atoms with E-state index >= 15 is 0 Å². The average molecular weight is 261 g/mol. The van der Waals surface area contributed by atoms with E-state index < -0.39 is 0 Å². The molecular formula is C16H27N3. The van der Waals surface area contributed by atoms with Crippen molar-refractivity contribution in [1.82, 2.24) is 15.5 Å². The molecule has 1 fully saturated rings. The molecule has 106 valence electrons. The molecule has 3 heteroatoms. The third-order valence-electron chi connectivity index (χ3n) is 4.20. The Kier molecular flexibility index (Phi) is 5.37. The quantitative estimate of drug-likeness (QED) is 0.847. The molecule has 0 amide bonds. The lowest BCUT2D eigenvalue weighted by molar-refractivity contribution is 0.140. The van der Waals surface area contributed by atoms with Gasteiger partial charge in [0.15, 0.2) is 0 Å². The zero-order valence-corrected chi connectivity index (χ0v) is 12.4. The molecule has 1 heterocycles. The number of nitrogens with one attached hydrogen (secondary N) is 2. The molecule has 3 atom stereocenters. The molecule has 2 rings (SSSR count). The Bertz CT molecular complexity index is 366. The Labute approximate surface area is 117 Å². The summed E-state index contributed by atoms with van der Waals surface area (Å²) < 4.78 is 0. The van der Waals surface area contributed by atoms with Gasteiger partial charge in [-0.05, 0) is 25.5 Å². The van der Waals surface area contributed by atoms with Crippen molar-refractivity contribution in [3.8, 4) is 0 Å². The lowest BCUT2D eigenvalue weighted by atomic mass is 9.93. The average Bonchev–Trinajstić information content (AvgIpc) is 2.43. The van der Waals surface area contributed by atoms with Crippen molar-refractivity contribution in [2.45, 2.75) is 25.9 Å². The molecule has 1 aromatic rings. The summed E-state index contributed by atoms with van der Waals surface area (Å²) in [5.74, 6) is 0.605. The van der Waals surface area contributed by atoms with Crippen LogP contribution in [-0.2, 0) is 0 Å². The third-order valence-corrected chi connectivity index (χ3v) is 4.20. The van der Waals surface area contributed by atoms with Gasteiger partial charge in [-0.3, -0.25) is 4.90 Å². The Hall–Kier alpha value is -0.900. The smallest absolute Gasteiger partial charge is 0.0355 e. The molecule has 2 N–H and O–H groups in total. The first-order valence-corrected chi connectivity index (χ1v) is 7.39. The fourth-order valence-corrected chi connectivity index (χ4v) is 3.07. The molecule has 0 unspecified atom stereocenters. The Morgan fingerprint density at radius 3 is 2.74 bits per heavy atom. The van der Waals surface area contributed by atoms with Crippen molar-refractivity contribution in [3.63, 3.8) is 0 Å². The predicted molar refractivity (Wildman–Crippen MR) is 81.3 cm³/mol. The van der Waals surface area contributed by atoms with Gasteiger partial charge in [-0.2, -0.15) is 0 Å². The van der Waals surface area contributed by atoms with E-state index in [0.29, 0.717) is 18.0 Å². The second-order valence-corrected chi connectivity index (χ2v) is 5.70. The largest absolute Gasteiger partial charge is 0.314 e. The van der Waals surface area contributed by atoms with Crippen molar-refractivity contribution in [3.05, 3.63) is 35.9 Å². The zero-order chi connectivity index (χ0) is 13.7. The van der Waals surface area contributed by atoms with Gasteiger partial charge in [-0.15, -0.1) is 0 Å². The van der Waals surface area contributed by atoms with Crippen LogP contribution in [0.1, 0.15) is 25.5 Å². The molecule has 3 nitrogen and oxygen atoms in total. The highest BCUT2D eigenvalue weighted by Crippen LogP contribution is 2.23. The first-order chi connectivity index (χ1) is 9.22. The van der Waals surface area contributed by atoms with Gasteiger partial charge in [-0.1, -0.05) is 37.3 Å². The normalized spacial score (nSPS) is 24.1. The van der Waals surface area contributed by atoms with E-state index in [1.807, 2.05) is 0 Å². The minimum atomic E-state index is 0.434.